The van der Waals surface area contributed by atoms with E-state index in [1.807, 2.05) is 6.92 Å². The number of rotatable bonds is 7. The molecule has 0 saturated carbocycles. The molecule has 1 rings (SSSR count). The number of halogens is 1. The number of hydrogen-bond donors (Lipinski definition) is 3. The van der Waals surface area contributed by atoms with Gasteiger partial charge in [-0.2, -0.15) is 5.10 Å². The number of hydrogen-bond acceptors (Lipinski definition) is 5. The lowest BCUT2D eigenvalue weighted by Crippen LogP contribution is -2.45. The molecule has 25 heavy (non-hydrogen) atoms. The molecule has 0 aliphatic heterocycles. The quantitative estimate of drug-likeness (QED) is 0.296. The molecular weight excluding hydrogens is 457 g/mol. The Labute approximate surface area is 167 Å². The highest BCUT2D eigenvalue weighted by atomic mass is 127. The third-order valence-electron chi connectivity index (χ3n) is 3.89. The predicted molar refractivity (Wildman–Crippen MR) is 111 cm³/mol. The minimum Gasteiger partial charge on any atom is -0.383 e. The number of sulfone groups is 1. The van der Waals surface area contributed by atoms with Crippen LogP contribution in [0.15, 0.2) is 17.4 Å². The fourth-order valence-electron chi connectivity index (χ4n) is 1.79. The van der Waals surface area contributed by atoms with E-state index in [1.165, 1.54) is 6.26 Å². The summed E-state index contributed by atoms with van der Waals surface area (Å²) in [6, 6.07) is 0. The van der Waals surface area contributed by atoms with Crippen molar-refractivity contribution in [2.75, 3.05) is 25.9 Å². The Morgan fingerprint density at radius 3 is 2.40 bits per heavy atom. The van der Waals surface area contributed by atoms with Crippen molar-refractivity contribution in [2.45, 2.75) is 38.0 Å². The molecule has 1 aromatic heterocycles. The third-order valence-corrected chi connectivity index (χ3v) is 6.03. The zero-order valence-corrected chi connectivity index (χ0v) is 18.8. The molecule has 0 aliphatic carbocycles. The van der Waals surface area contributed by atoms with Crippen molar-refractivity contribution >= 4 is 39.8 Å². The first-order valence-corrected chi connectivity index (χ1v) is 9.71. The first-order chi connectivity index (χ1) is 10.9. The Morgan fingerprint density at radius 2 is 1.96 bits per heavy atom. The third kappa shape index (κ3) is 7.10. The summed E-state index contributed by atoms with van der Waals surface area (Å²) in [6.07, 6.45) is 4.56. The summed E-state index contributed by atoms with van der Waals surface area (Å²) < 4.78 is 24.2. The molecule has 0 aromatic carbocycles. The van der Waals surface area contributed by atoms with Gasteiger partial charge in [0, 0.05) is 31.6 Å². The van der Waals surface area contributed by atoms with Crippen LogP contribution in [0.25, 0.3) is 0 Å². The standard InChI is InChI=1S/C15H29N5O3S.HI/c1-7-16-13(17-10-14(2,3)24(6,22)23)18-11-15(4,21)12-8-19-20(5)9-12;/h8-9,21H,7,10-11H2,1-6H3,(H2,16,17,18);1H. The van der Waals surface area contributed by atoms with Crippen LogP contribution in [0.3, 0.4) is 0 Å². The van der Waals surface area contributed by atoms with Crippen molar-refractivity contribution in [3.05, 3.63) is 18.0 Å². The van der Waals surface area contributed by atoms with Gasteiger partial charge in [-0.15, -0.1) is 24.0 Å². The van der Waals surface area contributed by atoms with Crippen LogP contribution in [-0.4, -0.2) is 59.9 Å². The highest BCUT2D eigenvalue weighted by Crippen LogP contribution is 2.18. The summed E-state index contributed by atoms with van der Waals surface area (Å²) in [4.78, 5) is 4.34. The Bertz CT molecular complexity index is 683. The summed E-state index contributed by atoms with van der Waals surface area (Å²) in [5.74, 6) is 0.457. The number of aromatic nitrogens is 2. The van der Waals surface area contributed by atoms with Gasteiger partial charge in [0.15, 0.2) is 15.8 Å². The number of guanidine groups is 1. The molecule has 3 N–H and O–H groups in total. The van der Waals surface area contributed by atoms with Crippen LogP contribution in [0.2, 0.25) is 0 Å². The lowest BCUT2D eigenvalue weighted by Gasteiger charge is -2.25. The number of aliphatic hydroxyl groups is 1. The zero-order chi connectivity index (χ0) is 18.6. The van der Waals surface area contributed by atoms with E-state index >= 15 is 0 Å². The summed E-state index contributed by atoms with van der Waals surface area (Å²) in [5, 5.41) is 20.7. The van der Waals surface area contributed by atoms with Gasteiger partial charge in [-0.3, -0.25) is 9.67 Å². The molecule has 0 saturated heterocycles. The summed E-state index contributed by atoms with van der Waals surface area (Å²) in [5.41, 5.74) is -0.443. The number of aryl methyl sites for hydroxylation is 1. The maximum absolute atomic E-state index is 11.8. The van der Waals surface area contributed by atoms with Gasteiger partial charge >= 0.3 is 0 Å². The maximum atomic E-state index is 11.8. The molecular formula is C15H30IN5O3S. The van der Waals surface area contributed by atoms with Gasteiger partial charge in [-0.05, 0) is 27.7 Å². The lowest BCUT2D eigenvalue weighted by molar-refractivity contribution is 0.0616. The Hall–Kier alpha value is -0.880. The van der Waals surface area contributed by atoms with E-state index in [4.69, 9.17) is 0 Å². The molecule has 0 amide bonds. The molecule has 8 nitrogen and oxygen atoms in total. The van der Waals surface area contributed by atoms with Gasteiger partial charge in [0.05, 0.1) is 24.0 Å². The minimum absolute atomic E-state index is 0. The van der Waals surface area contributed by atoms with Gasteiger partial charge in [-0.25, -0.2) is 8.42 Å². The van der Waals surface area contributed by atoms with Gasteiger partial charge in [-0.1, -0.05) is 0 Å². The van der Waals surface area contributed by atoms with E-state index in [2.05, 4.69) is 20.7 Å². The molecule has 1 aromatic rings. The fraction of sp³-hybridized carbons (Fsp3) is 0.733. The second-order valence-electron chi connectivity index (χ2n) is 6.76. The van der Waals surface area contributed by atoms with Crippen molar-refractivity contribution in [3.8, 4) is 0 Å². The number of nitrogens with one attached hydrogen (secondary N) is 2. The summed E-state index contributed by atoms with van der Waals surface area (Å²) >= 11 is 0. The van der Waals surface area contributed by atoms with E-state index in [9.17, 15) is 13.5 Å². The first-order valence-electron chi connectivity index (χ1n) is 7.82. The number of aliphatic imine (C=N–C) groups is 1. The highest BCUT2D eigenvalue weighted by molar-refractivity contribution is 14.0. The molecule has 0 spiro atoms. The predicted octanol–water partition coefficient (Wildman–Crippen LogP) is 0.624. The molecule has 0 aliphatic rings. The largest absolute Gasteiger partial charge is 0.383 e. The van der Waals surface area contributed by atoms with E-state index in [-0.39, 0.29) is 37.1 Å². The van der Waals surface area contributed by atoms with Crippen molar-refractivity contribution in [1.29, 1.82) is 0 Å². The highest BCUT2D eigenvalue weighted by Gasteiger charge is 2.30. The van der Waals surface area contributed by atoms with Gasteiger partial charge in [0.1, 0.15) is 5.60 Å². The fourth-order valence-corrected chi connectivity index (χ4v) is 2.08. The molecule has 1 unspecified atom stereocenters. The first kappa shape index (κ1) is 24.1. The van der Waals surface area contributed by atoms with E-state index in [0.29, 0.717) is 18.1 Å². The van der Waals surface area contributed by atoms with E-state index in [1.54, 1.807) is 44.9 Å². The van der Waals surface area contributed by atoms with Crippen LogP contribution in [-0.2, 0) is 22.5 Å². The smallest absolute Gasteiger partial charge is 0.191 e. The topological polar surface area (TPSA) is 109 Å². The van der Waals surface area contributed by atoms with E-state index in [0.717, 1.165) is 0 Å². The zero-order valence-electron chi connectivity index (χ0n) is 15.7. The molecule has 146 valence electrons. The molecule has 0 fully saturated rings. The average Bonchev–Trinajstić information content (AvgIpc) is 2.88. The minimum atomic E-state index is -3.22. The summed E-state index contributed by atoms with van der Waals surface area (Å²) in [7, 11) is -1.44. The second kappa shape index (κ2) is 9.17. The molecule has 1 atom stereocenters. The average molecular weight is 487 g/mol. The van der Waals surface area contributed by atoms with E-state index < -0.39 is 20.2 Å². The van der Waals surface area contributed by atoms with Crippen LogP contribution in [0.5, 0.6) is 0 Å². The van der Waals surface area contributed by atoms with Crippen LogP contribution in [0.4, 0.5) is 0 Å². The monoisotopic (exact) mass is 487 g/mol. The summed E-state index contributed by atoms with van der Waals surface area (Å²) in [6.45, 7) is 7.84. The maximum Gasteiger partial charge on any atom is 0.191 e. The van der Waals surface area contributed by atoms with Crippen LogP contribution in [0.1, 0.15) is 33.3 Å². The lowest BCUT2D eigenvalue weighted by atomic mass is 10.00. The Morgan fingerprint density at radius 1 is 1.36 bits per heavy atom. The molecule has 0 bridgehead atoms. The van der Waals surface area contributed by atoms with Crippen molar-refractivity contribution < 1.29 is 13.5 Å². The Balaban J connectivity index is 0.00000576. The normalized spacial score (nSPS) is 15.2. The SMILES string of the molecule is CCNC(=NCC(C)(C)S(C)(=O)=O)NCC(C)(O)c1cnn(C)c1.I. The van der Waals surface area contributed by atoms with Crippen molar-refractivity contribution in [3.63, 3.8) is 0 Å². The van der Waals surface area contributed by atoms with Gasteiger partial charge < -0.3 is 15.7 Å². The van der Waals surface area contributed by atoms with Gasteiger partial charge in [0.25, 0.3) is 0 Å². The second-order valence-corrected chi connectivity index (χ2v) is 9.41. The van der Waals surface area contributed by atoms with Crippen LogP contribution in [0, 0.1) is 0 Å². The van der Waals surface area contributed by atoms with Crippen molar-refractivity contribution in [1.82, 2.24) is 20.4 Å². The number of nitrogens with zero attached hydrogens (tertiary/aromatic N) is 3. The van der Waals surface area contributed by atoms with Crippen molar-refractivity contribution in [2.24, 2.45) is 12.0 Å². The molecule has 0 radical (unpaired) electrons. The van der Waals surface area contributed by atoms with Gasteiger partial charge in [0.2, 0.25) is 0 Å². The Kier molecular flexibility index (Phi) is 8.85. The van der Waals surface area contributed by atoms with Crippen LogP contribution >= 0.6 is 24.0 Å². The molecule has 1 heterocycles. The van der Waals surface area contributed by atoms with Crippen LogP contribution < -0.4 is 10.6 Å². The molecule has 10 heteroatoms.